The second-order valence-corrected chi connectivity index (χ2v) is 6.83. The summed E-state index contributed by atoms with van der Waals surface area (Å²) in [4.78, 5) is 19.7. The number of aromatic hydroxyl groups is 1. The maximum atomic E-state index is 12.5. The minimum Gasteiger partial charge on any atom is -0.494 e. The smallest absolute Gasteiger partial charge is 0.262 e. The van der Waals surface area contributed by atoms with Crippen LogP contribution >= 0.6 is 12.2 Å². The largest absolute Gasteiger partial charge is 0.494 e. The maximum absolute atomic E-state index is 12.5. The van der Waals surface area contributed by atoms with Gasteiger partial charge in [0.05, 0.1) is 11.4 Å². The molecule has 1 aliphatic rings. The van der Waals surface area contributed by atoms with Crippen molar-refractivity contribution >= 4 is 35.3 Å². The Kier molecular flexibility index (Phi) is 4.12. The number of fused-ring (bicyclic) bond motifs is 1. The molecule has 0 unspecified atom stereocenters. The van der Waals surface area contributed by atoms with Crippen molar-refractivity contribution in [3.63, 3.8) is 0 Å². The van der Waals surface area contributed by atoms with E-state index in [4.69, 9.17) is 12.2 Å². The van der Waals surface area contributed by atoms with Crippen LogP contribution in [-0.4, -0.2) is 20.4 Å². The van der Waals surface area contributed by atoms with Crippen LogP contribution < -0.4 is 5.56 Å². The van der Waals surface area contributed by atoms with Crippen molar-refractivity contribution in [1.29, 1.82) is 0 Å². The van der Waals surface area contributed by atoms with Crippen molar-refractivity contribution in [2.24, 2.45) is 4.99 Å². The van der Waals surface area contributed by atoms with E-state index in [1.165, 1.54) is 4.57 Å². The number of hydrogen-bond donors (Lipinski definition) is 2. The van der Waals surface area contributed by atoms with E-state index in [0.29, 0.717) is 5.69 Å². The Morgan fingerprint density at radius 3 is 2.70 bits per heavy atom. The maximum Gasteiger partial charge on any atom is 0.262 e. The van der Waals surface area contributed by atoms with Gasteiger partial charge in [-0.2, -0.15) is 0 Å². The third-order valence-corrected chi connectivity index (χ3v) is 4.83. The van der Waals surface area contributed by atoms with Gasteiger partial charge in [0.1, 0.15) is 5.56 Å². The van der Waals surface area contributed by atoms with Gasteiger partial charge in [-0.05, 0) is 55.9 Å². The molecule has 1 aromatic heterocycles. The number of hydrogen-bond acceptors (Lipinski definition) is 4. The van der Waals surface area contributed by atoms with Gasteiger partial charge in [0.15, 0.2) is 4.77 Å². The number of aryl methyl sites for hydroxylation is 1. The Bertz CT molecular complexity index is 1250. The molecular weight excluding hydrogens is 358 g/mol. The fourth-order valence-corrected chi connectivity index (χ4v) is 3.52. The molecule has 0 saturated heterocycles. The molecule has 0 fully saturated rings. The molecule has 3 aromatic rings. The summed E-state index contributed by atoms with van der Waals surface area (Å²) < 4.78 is 1.60. The first kappa shape index (κ1) is 17.2. The van der Waals surface area contributed by atoms with Gasteiger partial charge in [-0.1, -0.05) is 30.3 Å². The Morgan fingerprint density at radius 1 is 1.15 bits per heavy atom. The number of H-pyrrole nitrogens is 1. The molecule has 0 amide bonds. The van der Waals surface area contributed by atoms with Gasteiger partial charge in [0.25, 0.3) is 5.56 Å². The molecule has 1 aliphatic heterocycles. The normalized spacial score (nSPS) is 14.3. The molecule has 2 heterocycles. The highest BCUT2D eigenvalue weighted by Crippen LogP contribution is 2.36. The third-order valence-electron chi connectivity index (χ3n) is 4.54. The average Bonchev–Trinajstić information content (AvgIpc) is 2.93. The first-order valence-corrected chi connectivity index (χ1v) is 8.88. The predicted molar refractivity (Wildman–Crippen MR) is 111 cm³/mol. The Hall–Kier alpha value is -3.25. The average molecular weight is 375 g/mol. The topological polar surface area (TPSA) is 70.4 Å². The fourth-order valence-electron chi connectivity index (χ4n) is 3.24. The molecule has 0 aliphatic carbocycles. The number of aliphatic imine (C=N–C) groups is 1. The fraction of sp³-hybridized carbons (Fsp3) is 0.0952. The molecule has 2 aromatic carbocycles. The Labute approximate surface area is 161 Å². The van der Waals surface area contributed by atoms with Gasteiger partial charge in [0.2, 0.25) is 5.88 Å². The monoisotopic (exact) mass is 375 g/mol. The molecule has 27 heavy (non-hydrogen) atoms. The quantitative estimate of drug-likeness (QED) is 0.645. The second kappa shape index (κ2) is 6.48. The summed E-state index contributed by atoms with van der Waals surface area (Å²) in [5, 5.41) is 10.9. The highest BCUT2D eigenvalue weighted by Gasteiger charge is 2.20. The highest BCUT2D eigenvalue weighted by atomic mass is 32.1. The van der Waals surface area contributed by atoms with Gasteiger partial charge in [-0.25, -0.2) is 0 Å². The van der Waals surface area contributed by atoms with Crippen molar-refractivity contribution in [2.45, 2.75) is 13.8 Å². The van der Waals surface area contributed by atoms with Gasteiger partial charge in [0, 0.05) is 16.8 Å². The molecule has 4 rings (SSSR count). The van der Waals surface area contributed by atoms with Crippen molar-refractivity contribution < 1.29 is 5.11 Å². The number of benzene rings is 2. The Balaban J connectivity index is 1.96. The number of nitrogens with one attached hydrogen (secondary N) is 1. The zero-order chi connectivity index (χ0) is 19.1. The van der Waals surface area contributed by atoms with E-state index < -0.39 is 5.56 Å². The van der Waals surface area contributed by atoms with Crippen LogP contribution in [0.2, 0.25) is 0 Å². The molecular formula is C21H17N3O2S. The van der Waals surface area contributed by atoms with E-state index in [1.807, 2.05) is 62.4 Å². The van der Waals surface area contributed by atoms with E-state index in [1.54, 1.807) is 6.08 Å². The molecule has 0 radical (unpaired) electrons. The lowest BCUT2D eigenvalue weighted by Gasteiger charge is -2.12. The van der Waals surface area contributed by atoms with Crippen LogP contribution in [0.25, 0.3) is 17.3 Å². The number of aromatic amines is 1. The molecule has 0 atom stereocenters. The van der Waals surface area contributed by atoms with Crippen molar-refractivity contribution in [1.82, 2.24) is 9.55 Å². The van der Waals surface area contributed by atoms with Gasteiger partial charge < -0.3 is 5.11 Å². The number of rotatable bonds is 2. The molecule has 0 spiro atoms. The molecule has 134 valence electrons. The number of para-hydroxylation sites is 1. The van der Waals surface area contributed by atoms with Crippen LogP contribution in [-0.2, 0) is 0 Å². The summed E-state index contributed by atoms with van der Waals surface area (Å²) in [5.74, 6) is -0.195. The van der Waals surface area contributed by atoms with Crippen LogP contribution in [0.3, 0.4) is 0 Å². The molecule has 2 N–H and O–H groups in total. The summed E-state index contributed by atoms with van der Waals surface area (Å²) in [5.41, 5.74) is 4.79. The van der Waals surface area contributed by atoms with Crippen LogP contribution in [0.4, 0.5) is 5.69 Å². The minimum atomic E-state index is -0.439. The van der Waals surface area contributed by atoms with Crippen molar-refractivity contribution in [3.05, 3.63) is 80.3 Å². The van der Waals surface area contributed by atoms with Crippen LogP contribution in [0.1, 0.15) is 23.6 Å². The number of aromatic nitrogens is 2. The van der Waals surface area contributed by atoms with Crippen LogP contribution in [0.15, 0.2) is 58.3 Å². The zero-order valence-electron chi connectivity index (χ0n) is 14.9. The highest BCUT2D eigenvalue weighted by molar-refractivity contribution is 7.71. The summed E-state index contributed by atoms with van der Waals surface area (Å²) in [7, 11) is 0. The lowest BCUT2D eigenvalue weighted by molar-refractivity contribution is 0.432. The van der Waals surface area contributed by atoms with E-state index >= 15 is 0 Å². The van der Waals surface area contributed by atoms with Crippen LogP contribution in [0.5, 0.6) is 5.88 Å². The molecule has 0 saturated carbocycles. The van der Waals surface area contributed by atoms with Gasteiger partial charge in [-0.3, -0.25) is 19.3 Å². The lowest BCUT2D eigenvalue weighted by Crippen LogP contribution is -2.16. The molecule has 5 nitrogen and oxygen atoms in total. The SMILES string of the molecule is CC1=Nc2ccccc2/C1=C/c1c(O)n(-c2cccc(C)c2)c(=S)[nH]c1=O. The summed E-state index contributed by atoms with van der Waals surface area (Å²) in [6.45, 7) is 3.83. The summed E-state index contributed by atoms with van der Waals surface area (Å²) in [6.07, 6.45) is 1.67. The minimum absolute atomic E-state index is 0.141. The van der Waals surface area contributed by atoms with E-state index in [2.05, 4.69) is 9.98 Å². The number of allylic oxidation sites excluding steroid dienone is 1. The first-order chi connectivity index (χ1) is 13.0. The predicted octanol–water partition coefficient (Wildman–Crippen LogP) is 4.56. The first-order valence-electron chi connectivity index (χ1n) is 8.48. The molecule has 0 bridgehead atoms. The van der Waals surface area contributed by atoms with Crippen molar-refractivity contribution in [2.75, 3.05) is 0 Å². The van der Waals surface area contributed by atoms with Crippen LogP contribution in [0, 0.1) is 11.7 Å². The van der Waals surface area contributed by atoms with Gasteiger partial charge in [-0.15, -0.1) is 0 Å². The molecule has 6 heteroatoms. The number of nitrogens with zero attached hydrogens (tertiary/aromatic N) is 2. The third kappa shape index (κ3) is 2.94. The zero-order valence-corrected chi connectivity index (χ0v) is 15.7. The van der Waals surface area contributed by atoms with Crippen molar-refractivity contribution in [3.8, 4) is 11.6 Å². The lowest BCUT2D eigenvalue weighted by atomic mass is 10.0. The van der Waals surface area contributed by atoms with E-state index in [9.17, 15) is 9.90 Å². The second-order valence-electron chi connectivity index (χ2n) is 6.44. The Morgan fingerprint density at radius 2 is 1.93 bits per heavy atom. The standard InChI is InChI=1S/C21H17N3O2S/c1-12-6-5-7-14(10-12)24-20(26)17(19(25)23-21(24)27)11-16-13(2)22-18-9-4-3-8-15(16)18/h3-11,26H,1-2H3,(H,23,25,27)/b16-11+. The summed E-state index contributed by atoms with van der Waals surface area (Å²) >= 11 is 5.28. The van der Waals surface area contributed by atoms with E-state index in [-0.39, 0.29) is 16.2 Å². The van der Waals surface area contributed by atoms with Gasteiger partial charge >= 0.3 is 0 Å². The van der Waals surface area contributed by atoms with E-state index in [0.717, 1.165) is 28.1 Å². The summed E-state index contributed by atoms with van der Waals surface area (Å²) in [6, 6.07) is 15.3.